The first-order valence-electron chi connectivity index (χ1n) is 9.65. The number of esters is 1. The fraction of sp³-hybridized carbons (Fsp3) is 0.619. The number of carbonyl (C=O) groups is 2. The summed E-state index contributed by atoms with van der Waals surface area (Å²) in [5, 5.41) is 0. The Hall–Kier alpha value is -1.46. The molecule has 2 fully saturated rings. The summed E-state index contributed by atoms with van der Waals surface area (Å²) in [5.41, 5.74) is 0.105. The monoisotopic (exact) mass is 427 g/mol. The number of alkyl halides is 2. The number of halogens is 2. The number of benzene rings is 1. The quantitative estimate of drug-likeness (QED) is 0.501. The van der Waals surface area contributed by atoms with E-state index in [0.717, 1.165) is 24.8 Å². The average Bonchev–Trinajstić information content (AvgIpc) is 3.30. The van der Waals surface area contributed by atoms with E-state index in [1.165, 1.54) is 7.11 Å². The molecule has 0 N–H and O–H groups in total. The first-order valence-corrected chi connectivity index (χ1v) is 10.4. The van der Waals surface area contributed by atoms with Crippen LogP contribution in [0.4, 0.5) is 0 Å². The van der Waals surface area contributed by atoms with E-state index in [1.54, 1.807) is 13.8 Å². The predicted molar refractivity (Wildman–Crippen MR) is 109 cm³/mol. The Balaban J connectivity index is 1.54. The lowest BCUT2D eigenvalue weighted by Crippen LogP contribution is -2.51. The van der Waals surface area contributed by atoms with E-state index >= 15 is 0 Å². The molecule has 1 amide bonds. The van der Waals surface area contributed by atoms with Crippen LogP contribution in [0.15, 0.2) is 24.3 Å². The molecule has 7 heteroatoms. The lowest BCUT2D eigenvalue weighted by atomic mass is 9.92. The van der Waals surface area contributed by atoms with Crippen molar-refractivity contribution in [2.45, 2.75) is 55.4 Å². The lowest BCUT2D eigenvalue weighted by molar-refractivity contribution is -0.147. The number of amides is 1. The van der Waals surface area contributed by atoms with Crippen LogP contribution < -0.4 is 4.74 Å². The summed E-state index contributed by atoms with van der Waals surface area (Å²) in [6, 6.07) is 7.61. The molecule has 5 nitrogen and oxygen atoms in total. The van der Waals surface area contributed by atoms with E-state index in [9.17, 15) is 9.59 Å². The van der Waals surface area contributed by atoms with Gasteiger partial charge in [0.2, 0.25) is 0 Å². The van der Waals surface area contributed by atoms with Gasteiger partial charge in [-0.3, -0.25) is 9.59 Å². The average molecular weight is 428 g/mol. The Morgan fingerprint density at radius 1 is 1.18 bits per heavy atom. The third-order valence-corrected chi connectivity index (χ3v) is 6.42. The van der Waals surface area contributed by atoms with Crippen LogP contribution in [0.25, 0.3) is 0 Å². The third kappa shape index (κ3) is 4.93. The number of likely N-dealkylation sites (tertiary alicyclic amines) is 1. The number of carbonyl (C=O) groups excluding carboxylic acids is 2. The second-order valence-electron chi connectivity index (χ2n) is 8.21. The van der Waals surface area contributed by atoms with Gasteiger partial charge in [-0.15, -0.1) is 23.2 Å². The smallest absolute Gasteiger partial charge is 0.305 e. The van der Waals surface area contributed by atoms with Crippen molar-refractivity contribution < 1.29 is 19.1 Å². The normalized spacial score (nSPS) is 21.9. The highest BCUT2D eigenvalue weighted by atomic mass is 35.5. The number of piperidine rings is 1. The summed E-state index contributed by atoms with van der Waals surface area (Å²) in [6.45, 7) is 4.82. The van der Waals surface area contributed by atoms with Crippen LogP contribution in [0.1, 0.15) is 51.0 Å². The minimum absolute atomic E-state index is 0.0455. The first-order chi connectivity index (χ1) is 13.1. The molecule has 28 heavy (non-hydrogen) atoms. The fourth-order valence-corrected chi connectivity index (χ4v) is 4.28. The summed E-state index contributed by atoms with van der Waals surface area (Å²) >= 11 is 12.2. The van der Waals surface area contributed by atoms with Crippen molar-refractivity contribution in [1.82, 2.24) is 4.90 Å². The molecule has 0 spiro atoms. The molecule has 1 atom stereocenters. The highest BCUT2D eigenvalue weighted by molar-refractivity contribution is 6.51. The van der Waals surface area contributed by atoms with Gasteiger partial charge in [-0.2, -0.15) is 0 Å². The van der Waals surface area contributed by atoms with Gasteiger partial charge < -0.3 is 14.4 Å². The van der Waals surface area contributed by atoms with Crippen molar-refractivity contribution >= 4 is 35.1 Å². The van der Waals surface area contributed by atoms with Crippen LogP contribution >= 0.6 is 23.2 Å². The van der Waals surface area contributed by atoms with Gasteiger partial charge in [0.1, 0.15) is 10.1 Å². The van der Waals surface area contributed by atoms with Crippen molar-refractivity contribution in [3.63, 3.8) is 0 Å². The van der Waals surface area contributed by atoms with Crippen molar-refractivity contribution in [1.29, 1.82) is 0 Å². The van der Waals surface area contributed by atoms with E-state index in [4.69, 9.17) is 32.7 Å². The van der Waals surface area contributed by atoms with Crippen LogP contribution in [0.3, 0.4) is 0 Å². The summed E-state index contributed by atoms with van der Waals surface area (Å²) < 4.78 is 10.1. The topological polar surface area (TPSA) is 55.8 Å². The van der Waals surface area contributed by atoms with Crippen molar-refractivity contribution in [3.05, 3.63) is 29.8 Å². The minimum atomic E-state index is -0.973. The molecule has 1 aliphatic heterocycles. The molecule has 1 unspecified atom stereocenters. The molecule has 1 aromatic carbocycles. The molecule has 1 saturated carbocycles. The number of rotatable bonds is 6. The molecular formula is C21H27Cl2NO4. The Kier molecular flexibility index (Phi) is 6.16. The van der Waals surface area contributed by atoms with Gasteiger partial charge in [0, 0.05) is 25.4 Å². The van der Waals surface area contributed by atoms with E-state index < -0.39 is 9.93 Å². The van der Waals surface area contributed by atoms with Gasteiger partial charge >= 0.3 is 5.97 Å². The molecule has 2 aliphatic rings. The number of hydrogen-bond acceptors (Lipinski definition) is 4. The van der Waals surface area contributed by atoms with Gasteiger partial charge in [-0.05, 0) is 56.7 Å². The van der Waals surface area contributed by atoms with Gasteiger partial charge in [0.25, 0.3) is 5.91 Å². The maximum Gasteiger partial charge on any atom is 0.305 e. The van der Waals surface area contributed by atoms with Gasteiger partial charge in [-0.1, -0.05) is 12.1 Å². The Morgan fingerprint density at radius 3 is 2.25 bits per heavy atom. The summed E-state index contributed by atoms with van der Waals surface area (Å²) in [5.74, 6) is 0.829. The Bertz CT molecular complexity index is 724. The predicted octanol–water partition coefficient (Wildman–Crippen LogP) is 4.31. The van der Waals surface area contributed by atoms with Crippen molar-refractivity contribution in [2.75, 3.05) is 20.2 Å². The van der Waals surface area contributed by atoms with Crippen molar-refractivity contribution in [2.24, 2.45) is 5.92 Å². The van der Waals surface area contributed by atoms with Crippen LogP contribution in [0.5, 0.6) is 5.75 Å². The van der Waals surface area contributed by atoms with Crippen LogP contribution in [0, 0.1) is 5.92 Å². The lowest BCUT2D eigenvalue weighted by Gasteiger charge is -2.36. The molecule has 1 aromatic rings. The summed E-state index contributed by atoms with van der Waals surface area (Å²) in [4.78, 5) is 26.2. The standard InChI is InChI=1S/C21H27Cl2NO4/c1-20(2,19(26)24-10-8-14(9-11-24)12-18(25)27-3)28-16-6-4-15(5-7-16)17-13-21(17,22)23/h4-7,14,17H,8-13H2,1-3H3. The molecule has 0 aromatic heterocycles. The molecule has 154 valence electrons. The molecule has 3 rings (SSSR count). The zero-order valence-electron chi connectivity index (χ0n) is 16.5. The minimum Gasteiger partial charge on any atom is -0.478 e. The fourth-order valence-electron chi connectivity index (χ4n) is 3.72. The first kappa shape index (κ1) is 21.3. The van der Waals surface area contributed by atoms with Gasteiger partial charge in [0.15, 0.2) is 5.60 Å². The second kappa shape index (κ2) is 8.11. The number of ether oxygens (including phenoxy) is 2. The van der Waals surface area contributed by atoms with Crippen molar-refractivity contribution in [3.8, 4) is 5.75 Å². The van der Waals surface area contributed by atoms with E-state index in [-0.39, 0.29) is 23.7 Å². The van der Waals surface area contributed by atoms with Crippen LogP contribution in [-0.4, -0.2) is 46.9 Å². The van der Waals surface area contributed by atoms with E-state index in [2.05, 4.69) is 0 Å². The molecule has 1 heterocycles. The molecule has 1 aliphatic carbocycles. The summed E-state index contributed by atoms with van der Waals surface area (Å²) in [6.07, 6.45) is 2.76. The van der Waals surface area contributed by atoms with Crippen LogP contribution in [0.2, 0.25) is 0 Å². The highest BCUT2D eigenvalue weighted by Gasteiger charge is 2.52. The highest BCUT2D eigenvalue weighted by Crippen LogP contribution is 2.59. The molecule has 1 saturated heterocycles. The Labute approximate surface area is 176 Å². The van der Waals surface area contributed by atoms with E-state index in [0.29, 0.717) is 25.3 Å². The maximum atomic E-state index is 13.0. The van der Waals surface area contributed by atoms with Crippen LogP contribution in [-0.2, 0) is 14.3 Å². The molecule has 0 radical (unpaired) electrons. The number of nitrogens with zero attached hydrogens (tertiary/aromatic N) is 1. The van der Waals surface area contributed by atoms with Gasteiger partial charge in [0.05, 0.1) is 7.11 Å². The maximum absolute atomic E-state index is 13.0. The van der Waals surface area contributed by atoms with Gasteiger partial charge in [-0.25, -0.2) is 0 Å². The molecule has 0 bridgehead atoms. The number of methoxy groups -OCH3 is 1. The third-order valence-electron chi connectivity index (χ3n) is 5.58. The Morgan fingerprint density at radius 2 is 1.75 bits per heavy atom. The SMILES string of the molecule is COC(=O)CC1CCN(C(=O)C(C)(C)Oc2ccc(C3CC3(Cl)Cl)cc2)CC1. The molecular weight excluding hydrogens is 401 g/mol. The number of hydrogen-bond donors (Lipinski definition) is 0. The second-order valence-corrected chi connectivity index (χ2v) is 9.76. The summed E-state index contributed by atoms with van der Waals surface area (Å²) in [7, 11) is 1.40. The largest absolute Gasteiger partial charge is 0.478 e. The zero-order chi connectivity index (χ0) is 20.5. The zero-order valence-corrected chi connectivity index (χ0v) is 18.1. The van der Waals surface area contributed by atoms with E-state index in [1.807, 2.05) is 29.2 Å².